The molecule has 2 amide bonds. The average molecular weight is 554 g/mol. The number of rotatable bonds is 5. The van der Waals surface area contributed by atoms with Crippen molar-refractivity contribution in [2.24, 2.45) is 5.73 Å². The van der Waals surface area contributed by atoms with E-state index in [1.165, 1.54) is 0 Å². The lowest BCUT2D eigenvalue weighted by Crippen LogP contribution is -2.43. The number of aromatic nitrogens is 3. The van der Waals surface area contributed by atoms with Crippen LogP contribution in [0.3, 0.4) is 0 Å². The number of benzene rings is 2. The van der Waals surface area contributed by atoms with E-state index >= 15 is 0 Å². The van der Waals surface area contributed by atoms with Crippen molar-refractivity contribution in [2.75, 3.05) is 17.2 Å². The number of carbonyl (C=O) groups excluding carboxylic acids is 1. The summed E-state index contributed by atoms with van der Waals surface area (Å²) in [7, 11) is 0. The Morgan fingerprint density at radius 1 is 1.03 bits per heavy atom. The van der Waals surface area contributed by atoms with Crippen LogP contribution in [-0.4, -0.2) is 39.4 Å². The molecule has 5 rings (SSSR count). The molecule has 1 unspecified atom stereocenters. The molecule has 10 nitrogen and oxygen atoms in total. The van der Waals surface area contributed by atoms with Gasteiger partial charge in [-0.15, -0.1) is 0 Å². The zero-order chi connectivity index (χ0) is 27.0. The van der Waals surface area contributed by atoms with Gasteiger partial charge in [-0.2, -0.15) is 4.98 Å². The number of urea groups is 1. The lowest BCUT2D eigenvalue weighted by molar-refractivity contribution is 0.0581. The van der Waals surface area contributed by atoms with Gasteiger partial charge in [0.15, 0.2) is 17.1 Å². The third kappa shape index (κ3) is 5.67. The molecule has 0 fully saturated rings. The van der Waals surface area contributed by atoms with Crippen LogP contribution in [-0.2, 0) is 0 Å². The van der Waals surface area contributed by atoms with Crippen molar-refractivity contribution < 1.29 is 14.3 Å². The third-order valence-electron chi connectivity index (χ3n) is 5.42. The van der Waals surface area contributed by atoms with Crippen LogP contribution in [0, 0.1) is 0 Å². The highest BCUT2D eigenvalue weighted by Crippen LogP contribution is 2.38. The third-order valence-corrected chi connectivity index (χ3v) is 5.97. The van der Waals surface area contributed by atoms with E-state index in [0.29, 0.717) is 55.3 Å². The van der Waals surface area contributed by atoms with Gasteiger partial charge in [0.1, 0.15) is 5.82 Å². The number of nitrogens with two attached hydrogens (primary N) is 1. The van der Waals surface area contributed by atoms with Gasteiger partial charge in [-0.3, -0.25) is 5.32 Å². The fraction of sp³-hybridized carbons (Fsp3) is 0.231. The summed E-state index contributed by atoms with van der Waals surface area (Å²) >= 11 is 12.6. The molecule has 0 bridgehead atoms. The predicted octanol–water partition coefficient (Wildman–Crippen LogP) is 5.72. The monoisotopic (exact) mass is 553 g/mol. The molecule has 12 heteroatoms. The van der Waals surface area contributed by atoms with Gasteiger partial charge in [-0.1, -0.05) is 29.3 Å². The van der Waals surface area contributed by atoms with E-state index in [4.69, 9.17) is 38.4 Å². The summed E-state index contributed by atoms with van der Waals surface area (Å²) in [6.07, 6.45) is 1.13. The number of amides is 2. The largest absolute Gasteiger partial charge is 0.450 e. The lowest BCUT2D eigenvalue weighted by atomic mass is 10.1. The van der Waals surface area contributed by atoms with Gasteiger partial charge >= 0.3 is 6.03 Å². The summed E-state index contributed by atoms with van der Waals surface area (Å²) < 4.78 is 11.2. The maximum Gasteiger partial charge on any atom is 0.320 e. The molecule has 4 aromatic rings. The first-order valence-electron chi connectivity index (χ1n) is 11.7. The Bertz CT molecular complexity index is 1540. The van der Waals surface area contributed by atoms with Crippen molar-refractivity contribution in [3.63, 3.8) is 0 Å². The number of anilines is 3. The van der Waals surface area contributed by atoms with Crippen molar-refractivity contribution in [1.29, 1.82) is 0 Å². The zero-order valence-corrected chi connectivity index (χ0v) is 22.3. The highest BCUT2D eigenvalue weighted by Gasteiger charge is 2.23. The Balaban J connectivity index is 1.50. The quantitative estimate of drug-likeness (QED) is 0.246. The summed E-state index contributed by atoms with van der Waals surface area (Å²) in [5, 5.41) is 10.4. The Labute approximate surface area is 228 Å². The SMILES string of the molecule is CC(C)(C)NC(=O)Nc1nc2nc(Nc3ccc4c(c3)OC(CN)O4)ncc2cc1-c1ccc(Cl)cc1Cl. The van der Waals surface area contributed by atoms with Crippen LogP contribution in [0.4, 0.5) is 22.2 Å². The van der Waals surface area contributed by atoms with E-state index in [9.17, 15) is 4.79 Å². The molecule has 2 aromatic carbocycles. The van der Waals surface area contributed by atoms with Gasteiger partial charge in [0.05, 0.1) is 11.6 Å². The number of nitrogens with zero attached hydrogens (tertiary/aromatic N) is 3. The predicted molar refractivity (Wildman–Crippen MR) is 149 cm³/mol. The first kappa shape index (κ1) is 25.8. The number of halogens is 2. The minimum atomic E-state index is -0.508. The molecule has 1 atom stereocenters. The van der Waals surface area contributed by atoms with Gasteiger partial charge in [0.2, 0.25) is 5.95 Å². The average Bonchev–Trinajstić information content (AvgIpc) is 3.25. The molecule has 0 radical (unpaired) electrons. The van der Waals surface area contributed by atoms with Crippen molar-refractivity contribution in [2.45, 2.75) is 32.6 Å². The van der Waals surface area contributed by atoms with E-state index in [0.717, 1.165) is 0 Å². The second-order valence-corrected chi connectivity index (χ2v) is 10.5. The fourth-order valence-corrected chi connectivity index (χ4v) is 4.33. The number of nitrogens with one attached hydrogen (secondary N) is 3. The summed E-state index contributed by atoms with van der Waals surface area (Å²) in [6.45, 7) is 5.89. The molecule has 3 heterocycles. The Morgan fingerprint density at radius 2 is 1.82 bits per heavy atom. The van der Waals surface area contributed by atoms with Crippen molar-refractivity contribution >= 4 is 57.7 Å². The minimum absolute atomic E-state index is 0.240. The van der Waals surface area contributed by atoms with Gasteiger partial charge in [-0.25, -0.2) is 14.8 Å². The topological polar surface area (TPSA) is 136 Å². The summed E-state index contributed by atoms with van der Waals surface area (Å²) in [6, 6.07) is 11.9. The van der Waals surface area contributed by atoms with E-state index in [1.807, 2.05) is 32.9 Å². The van der Waals surface area contributed by atoms with E-state index in [1.54, 1.807) is 36.5 Å². The second-order valence-electron chi connectivity index (χ2n) is 9.63. The molecule has 0 aliphatic carbocycles. The van der Waals surface area contributed by atoms with E-state index in [2.05, 4.69) is 30.9 Å². The lowest BCUT2D eigenvalue weighted by Gasteiger charge is -2.21. The fourth-order valence-electron chi connectivity index (χ4n) is 3.82. The van der Waals surface area contributed by atoms with Crippen LogP contribution in [0.5, 0.6) is 11.5 Å². The molecule has 5 N–H and O–H groups in total. The molecular formula is C26H25Cl2N7O3. The molecule has 1 aliphatic rings. The van der Waals surface area contributed by atoms with Gasteiger partial charge in [-0.05, 0) is 51.1 Å². The van der Waals surface area contributed by atoms with Gasteiger partial charge < -0.3 is 25.8 Å². The van der Waals surface area contributed by atoms with Crippen LogP contribution in [0.2, 0.25) is 10.0 Å². The number of ether oxygens (including phenoxy) is 2. The normalized spacial score (nSPS) is 14.4. The number of fused-ring (bicyclic) bond motifs is 2. The summed E-state index contributed by atoms with van der Waals surface area (Å²) in [5.74, 6) is 1.78. The van der Waals surface area contributed by atoms with Gasteiger partial charge in [0, 0.05) is 45.0 Å². The molecular weight excluding hydrogens is 529 g/mol. The molecule has 0 saturated heterocycles. The van der Waals surface area contributed by atoms with Crippen LogP contribution in [0.1, 0.15) is 20.8 Å². The molecule has 0 saturated carbocycles. The van der Waals surface area contributed by atoms with Crippen molar-refractivity contribution in [3.05, 3.63) is 58.7 Å². The molecule has 196 valence electrons. The molecule has 1 aliphatic heterocycles. The highest BCUT2D eigenvalue weighted by atomic mass is 35.5. The Hall–Kier alpha value is -3.86. The Kier molecular flexibility index (Phi) is 6.87. The van der Waals surface area contributed by atoms with Crippen LogP contribution >= 0.6 is 23.2 Å². The van der Waals surface area contributed by atoms with Crippen LogP contribution < -0.4 is 31.2 Å². The maximum absolute atomic E-state index is 12.7. The van der Waals surface area contributed by atoms with Crippen LogP contribution in [0.25, 0.3) is 22.2 Å². The Morgan fingerprint density at radius 3 is 2.55 bits per heavy atom. The first-order chi connectivity index (χ1) is 18.1. The maximum atomic E-state index is 12.7. The molecule has 2 aromatic heterocycles. The molecule has 38 heavy (non-hydrogen) atoms. The van der Waals surface area contributed by atoms with E-state index < -0.39 is 17.9 Å². The standard InChI is InChI=1S/C26H25Cl2N7O3/c1-26(2,3)35-25(36)34-23-17(16-6-4-14(27)9-18(16)28)8-13-12-30-24(33-22(13)32-23)31-15-5-7-19-20(10-15)38-21(11-29)37-19/h4-10,12,21H,11,29H2,1-3H3,(H3,30,31,32,33,34,35,36). The minimum Gasteiger partial charge on any atom is -0.450 e. The van der Waals surface area contributed by atoms with E-state index in [-0.39, 0.29) is 12.4 Å². The van der Waals surface area contributed by atoms with Crippen molar-refractivity contribution in [3.8, 4) is 22.6 Å². The number of hydrogen-bond donors (Lipinski definition) is 4. The first-order valence-corrected chi connectivity index (χ1v) is 12.5. The molecule has 0 spiro atoms. The summed E-state index contributed by atoms with van der Waals surface area (Å²) in [5.41, 5.74) is 7.48. The second kappa shape index (κ2) is 10.1. The summed E-state index contributed by atoms with van der Waals surface area (Å²) in [4.78, 5) is 26.4. The van der Waals surface area contributed by atoms with Crippen LogP contribution in [0.15, 0.2) is 48.7 Å². The number of carbonyl (C=O) groups is 1. The zero-order valence-electron chi connectivity index (χ0n) is 20.8. The smallest absolute Gasteiger partial charge is 0.320 e. The van der Waals surface area contributed by atoms with Gasteiger partial charge in [0.25, 0.3) is 6.29 Å². The van der Waals surface area contributed by atoms with Crippen molar-refractivity contribution in [1.82, 2.24) is 20.3 Å². The highest BCUT2D eigenvalue weighted by molar-refractivity contribution is 6.36. The number of pyridine rings is 1. The number of hydrogen-bond acceptors (Lipinski definition) is 8.